The fraction of sp³-hybridized carbons (Fsp3) is 0.211. The lowest BCUT2D eigenvalue weighted by Gasteiger charge is -2.22. The Hall–Kier alpha value is -2.47. The zero-order valence-corrected chi connectivity index (χ0v) is 18.1. The molecule has 0 radical (unpaired) electrons. The van der Waals surface area contributed by atoms with Crippen molar-refractivity contribution >= 4 is 44.6 Å². The monoisotopic (exact) mass is 484 g/mol. The summed E-state index contributed by atoms with van der Waals surface area (Å²) in [4.78, 5) is 12.3. The van der Waals surface area contributed by atoms with Crippen LogP contribution < -0.4 is 5.32 Å². The van der Waals surface area contributed by atoms with Gasteiger partial charge in [0, 0.05) is 12.2 Å². The van der Waals surface area contributed by atoms with Gasteiger partial charge in [0.1, 0.15) is 16.6 Å². The summed E-state index contributed by atoms with van der Waals surface area (Å²) in [5.41, 5.74) is 0.264. The summed E-state index contributed by atoms with van der Waals surface area (Å²) in [5, 5.41) is 10.5. The van der Waals surface area contributed by atoms with Crippen LogP contribution in [0.1, 0.15) is 33.7 Å². The van der Waals surface area contributed by atoms with Crippen molar-refractivity contribution in [2.45, 2.75) is 23.8 Å². The maximum absolute atomic E-state index is 13.4. The minimum atomic E-state index is -3.96. The van der Waals surface area contributed by atoms with Gasteiger partial charge in [0.15, 0.2) is 0 Å². The maximum Gasteiger partial charge on any atom is 0.286 e. The number of hydrogen-bond acceptors (Lipinski definition) is 6. The number of rotatable bonds is 5. The zero-order chi connectivity index (χ0) is 22.2. The number of anilines is 1. The molecule has 3 aromatic rings. The topological polar surface area (TPSA) is 92.3 Å². The Morgan fingerprint density at radius 3 is 2.74 bits per heavy atom. The van der Waals surface area contributed by atoms with E-state index >= 15 is 0 Å². The molecule has 1 amide bonds. The molecule has 0 spiro atoms. The van der Waals surface area contributed by atoms with Crippen LogP contribution in [0.15, 0.2) is 47.4 Å². The Kier molecular flexibility index (Phi) is 6.02. The first-order chi connectivity index (χ1) is 14.8. The van der Waals surface area contributed by atoms with Gasteiger partial charge in [-0.2, -0.15) is 4.31 Å². The summed E-state index contributed by atoms with van der Waals surface area (Å²) >= 11 is 6.71. The second kappa shape index (κ2) is 8.58. The number of benzene rings is 2. The summed E-state index contributed by atoms with van der Waals surface area (Å²) in [7, 11) is -3.96. The first-order valence-corrected chi connectivity index (χ1v) is 11.8. The summed E-state index contributed by atoms with van der Waals surface area (Å²) in [6, 6.07) is 8.02. The molecule has 7 nitrogen and oxygen atoms in total. The first kappa shape index (κ1) is 21.8. The highest BCUT2D eigenvalue weighted by Crippen LogP contribution is 2.38. The molecule has 0 bridgehead atoms. The molecule has 1 unspecified atom stereocenters. The lowest BCUT2D eigenvalue weighted by Crippen LogP contribution is -2.30. The number of sulfonamides is 1. The van der Waals surface area contributed by atoms with Crippen molar-refractivity contribution in [1.82, 2.24) is 14.5 Å². The molecule has 12 heteroatoms. The Balaban J connectivity index is 1.56. The molecular weight excluding hydrogens is 470 g/mol. The SMILES string of the molecule is O=C(Nc1cccc(F)c1)c1nnc(C2CCCN2S(=O)(=O)c2ccc(F)c(Cl)c2)s1. The van der Waals surface area contributed by atoms with Crippen molar-refractivity contribution in [2.75, 3.05) is 11.9 Å². The highest BCUT2D eigenvalue weighted by atomic mass is 35.5. The molecule has 4 rings (SSSR count). The number of nitrogens with one attached hydrogen (secondary N) is 1. The van der Waals surface area contributed by atoms with Crippen LogP contribution in [0.3, 0.4) is 0 Å². The average Bonchev–Trinajstić information content (AvgIpc) is 3.39. The molecule has 1 fully saturated rings. The largest absolute Gasteiger partial charge is 0.320 e. The number of aromatic nitrogens is 2. The molecule has 2 aromatic carbocycles. The Morgan fingerprint density at radius 2 is 2.00 bits per heavy atom. The first-order valence-electron chi connectivity index (χ1n) is 9.13. The van der Waals surface area contributed by atoms with Crippen LogP contribution in [0.25, 0.3) is 0 Å². The Bertz CT molecular complexity index is 1250. The summed E-state index contributed by atoms with van der Waals surface area (Å²) in [5.74, 6) is -1.79. The van der Waals surface area contributed by atoms with Crippen LogP contribution in [0.2, 0.25) is 5.02 Å². The maximum atomic E-state index is 13.4. The molecule has 0 aliphatic carbocycles. The van der Waals surface area contributed by atoms with E-state index in [0.29, 0.717) is 17.8 Å². The van der Waals surface area contributed by atoms with E-state index in [1.807, 2.05) is 0 Å². The van der Waals surface area contributed by atoms with E-state index < -0.39 is 33.6 Å². The molecule has 31 heavy (non-hydrogen) atoms. The second-order valence-electron chi connectivity index (χ2n) is 6.76. The molecule has 0 saturated carbocycles. The molecule has 1 aromatic heterocycles. The van der Waals surface area contributed by atoms with Gasteiger partial charge in [0.25, 0.3) is 5.91 Å². The van der Waals surface area contributed by atoms with Crippen LogP contribution in [0.4, 0.5) is 14.5 Å². The minimum Gasteiger partial charge on any atom is -0.320 e. The highest BCUT2D eigenvalue weighted by molar-refractivity contribution is 7.89. The molecule has 1 aliphatic rings. The van der Waals surface area contributed by atoms with E-state index in [2.05, 4.69) is 15.5 Å². The molecule has 1 aliphatic heterocycles. The third-order valence-electron chi connectivity index (χ3n) is 4.70. The van der Waals surface area contributed by atoms with E-state index in [9.17, 15) is 22.0 Å². The van der Waals surface area contributed by atoms with Crippen LogP contribution in [-0.4, -0.2) is 35.4 Å². The lowest BCUT2D eigenvalue weighted by molar-refractivity contribution is 0.102. The van der Waals surface area contributed by atoms with Gasteiger partial charge in [-0.05, 0) is 49.2 Å². The summed E-state index contributed by atoms with van der Waals surface area (Å²) in [6.45, 7) is 0.242. The van der Waals surface area contributed by atoms with Gasteiger partial charge in [-0.25, -0.2) is 17.2 Å². The van der Waals surface area contributed by atoms with Gasteiger partial charge in [-0.3, -0.25) is 4.79 Å². The predicted octanol–water partition coefficient (Wildman–Crippen LogP) is 4.25. The van der Waals surface area contributed by atoms with Crippen LogP contribution in [-0.2, 0) is 10.0 Å². The fourth-order valence-corrected chi connectivity index (χ4v) is 6.14. The second-order valence-corrected chi connectivity index (χ2v) is 10.1. The van der Waals surface area contributed by atoms with Gasteiger partial charge in [-0.15, -0.1) is 10.2 Å². The van der Waals surface area contributed by atoms with Gasteiger partial charge >= 0.3 is 0 Å². The smallest absolute Gasteiger partial charge is 0.286 e. The lowest BCUT2D eigenvalue weighted by atomic mass is 10.2. The molecule has 1 atom stereocenters. The van der Waals surface area contributed by atoms with Gasteiger partial charge in [0.2, 0.25) is 15.0 Å². The van der Waals surface area contributed by atoms with E-state index in [-0.39, 0.29) is 27.2 Å². The third-order valence-corrected chi connectivity index (χ3v) is 7.92. The van der Waals surface area contributed by atoms with Gasteiger partial charge < -0.3 is 5.32 Å². The quantitative estimate of drug-likeness (QED) is 0.584. The van der Waals surface area contributed by atoms with Crippen LogP contribution in [0, 0.1) is 11.6 Å². The van der Waals surface area contributed by atoms with Crippen LogP contribution in [0.5, 0.6) is 0 Å². The van der Waals surface area contributed by atoms with Crippen molar-refractivity contribution in [3.05, 3.63) is 69.1 Å². The Labute approximate surface area is 185 Å². The minimum absolute atomic E-state index is 0.0216. The standard InChI is InChI=1S/C19H15ClF2N4O3S2/c20-14-10-13(6-7-15(14)22)31(28,29)26-8-2-5-16(26)18-24-25-19(30-18)17(27)23-12-4-1-3-11(21)9-12/h1,3-4,6-7,9-10,16H,2,5,8H2,(H,23,27). The number of nitrogens with zero attached hydrogens (tertiary/aromatic N) is 3. The van der Waals surface area contributed by atoms with Crippen molar-refractivity contribution in [3.63, 3.8) is 0 Å². The molecule has 162 valence electrons. The highest BCUT2D eigenvalue weighted by Gasteiger charge is 2.38. The number of carbonyl (C=O) groups excluding carboxylic acids is 1. The molecule has 2 heterocycles. The van der Waals surface area contributed by atoms with Crippen molar-refractivity contribution < 1.29 is 22.0 Å². The number of carbonyl (C=O) groups is 1. The van der Waals surface area contributed by atoms with E-state index in [1.165, 1.54) is 28.6 Å². The molecule has 1 N–H and O–H groups in total. The average molecular weight is 485 g/mol. The third kappa shape index (κ3) is 4.45. The van der Waals surface area contributed by atoms with Crippen molar-refractivity contribution in [2.24, 2.45) is 0 Å². The fourth-order valence-electron chi connectivity index (χ4n) is 3.26. The van der Waals surface area contributed by atoms with Crippen molar-refractivity contribution in [1.29, 1.82) is 0 Å². The van der Waals surface area contributed by atoms with Crippen molar-refractivity contribution in [3.8, 4) is 0 Å². The summed E-state index contributed by atoms with van der Waals surface area (Å²) in [6.07, 6.45) is 1.08. The number of amides is 1. The molecular formula is C19H15ClF2N4O3S2. The number of halogens is 3. The van der Waals surface area contributed by atoms with Crippen LogP contribution >= 0.6 is 22.9 Å². The predicted molar refractivity (Wildman–Crippen MR) is 112 cm³/mol. The normalized spacial score (nSPS) is 17.1. The zero-order valence-electron chi connectivity index (χ0n) is 15.8. The van der Waals surface area contributed by atoms with E-state index in [1.54, 1.807) is 0 Å². The van der Waals surface area contributed by atoms with E-state index in [4.69, 9.17) is 11.6 Å². The van der Waals surface area contributed by atoms with E-state index in [0.717, 1.165) is 29.5 Å². The Morgan fingerprint density at radius 1 is 1.19 bits per heavy atom. The van der Waals surface area contributed by atoms with Gasteiger partial charge in [-0.1, -0.05) is 29.0 Å². The molecule has 1 saturated heterocycles. The van der Waals surface area contributed by atoms with Gasteiger partial charge in [0.05, 0.1) is 16.0 Å². The number of hydrogen-bond donors (Lipinski definition) is 1. The summed E-state index contributed by atoms with van der Waals surface area (Å²) < 4.78 is 54.2.